The van der Waals surface area contributed by atoms with Gasteiger partial charge in [-0.25, -0.2) is 0 Å². The first-order valence-electron chi connectivity index (χ1n) is 6.31. The minimum Gasteiger partial charge on any atom is -0.353 e. The number of rotatable bonds is 6. The van der Waals surface area contributed by atoms with Crippen molar-refractivity contribution in [2.45, 2.75) is 39.3 Å². The fraction of sp³-hybridized carbons (Fsp3) is 0.500. The van der Waals surface area contributed by atoms with E-state index in [0.29, 0.717) is 6.54 Å². The molecule has 1 amide bonds. The van der Waals surface area contributed by atoms with Gasteiger partial charge < -0.3 is 10.6 Å². The third-order valence-electron chi connectivity index (χ3n) is 2.62. The Hall–Kier alpha value is -0.870. The molecule has 0 aromatic heterocycles. The summed E-state index contributed by atoms with van der Waals surface area (Å²) in [5.41, 5.74) is 1.20. The molecule has 18 heavy (non-hydrogen) atoms. The summed E-state index contributed by atoms with van der Waals surface area (Å²) in [6.45, 7) is 6.38. The van der Waals surface area contributed by atoms with Gasteiger partial charge in [-0.1, -0.05) is 35.0 Å². The zero-order valence-corrected chi connectivity index (χ0v) is 12.8. The number of nitrogens with one attached hydrogen (secondary N) is 2. The van der Waals surface area contributed by atoms with Gasteiger partial charge >= 0.3 is 0 Å². The molecular formula is C14H21BrN2O. The van der Waals surface area contributed by atoms with Gasteiger partial charge in [0.2, 0.25) is 5.91 Å². The highest BCUT2D eigenvalue weighted by atomic mass is 79.9. The minimum absolute atomic E-state index is 0.0402. The molecule has 0 aliphatic rings. The largest absolute Gasteiger partial charge is 0.353 e. The predicted octanol–water partition coefficient (Wildman–Crippen LogP) is 3.01. The van der Waals surface area contributed by atoms with Gasteiger partial charge in [0, 0.05) is 16.6 Å². The summed E-state index contributed by atoms with van der Waals surface area (Å²) in [5.74, 6) is 0.0402. The van der Waals surface area contributed by atoms with Crippen molar-refractivity contribution < 1.29 is 4.79 Å². The van der Waals surface area contributed by atoms with Crippen LogP contribution in [0.2, 0.25) is 0 Å². The lowest BCUT2D eigenvalue weighted by molar-refractivity contribution is -0.120. The average Bonchev–Trinajstić information content (AvgIpc) is 2.29. The van der Waals surface area contributed by atoms with Crippen LogP contribution in [0, 0.1) is 0 Å². The van der Waals surface area contributed by atoms with Gasteiger partial charge in [-0.15, -0.1) is 0 Å². The van der Waals surface area contributed by atoms with Crippen LogP contribution in [-0.4, -0.2) is 18.5 Å². The van der Waals surface area contributed by atoms with Crippen LogP contribution in [0.1, 0.15) is 38.8 Å². The summed E-state index contributed by atoms with van der Waals surface area (Å²) < 4.78 is 1.06. The lowest BCUT2D eigenvalue weighted by atomic mass is 10.0. The molecule has 0 saturated carbocycles. The molecule has 0 aliphatic carbocycles. The van der Waals surface area contributed by atoms with Crippen LogP contribution >= 0.6 is 15.9 Å². The molecule has 2 N–H and O–H groups in total. The first-order valence-corrected chi connectivity index (χ1v) is 7.10. The van der Waals surface area contributed by atoms with Crippen LogP contribution in [0.5, 0.6) is 0 Å². The van der Waals surface area contributed by atoms with Crippen LogP contribution in [0.25, 0.3) is 0 Å². The quantitative estimate of drug-likeness (QED) is 0.847. The Morgan fingerprint density at radius 2 is 2.11 bits per heavy atom. The normalized spacial score (nSPS) is 12.5. The van der Waals surface area contributed by atoms with Crippen LogP contribution in [0.15, 0.2) is 28.7 Å². The van der Waals surface area contributed by atoms with E-state index in [2.05, 4.69) is 45.6 Å². The molecular weight excluding hydrogens is 292 g/mol. The number of carbonyl (C=O) groups is 1. The Labute approximate surface area is 117 Å². The summed E-state index contributed by atoms with van der Waals surface area (Å²) >= 11 is 3.47. The fourth-order valence-electron chi connectivity index (χ4n) is 1.81. The Morgan fingerprint density at radius 1 is 1.39 bits per heavy atom. The summed E-state index contributed by atoms with van der Waals surface area (Å²) in [6, 6.07) is 8.57. The van der Waals surface area contributed by atoms with Crippen LogP contribution in [0.3, 0.4) is 0 Å². The Bertz CT molecular complexity index is 393. The van der Waals surface area contributed by atoms with Gasteiger partial charge in [-0.2, -0.15) is 0 Å². The standard InChI is InChI=1S/C14H21BrN2O/c1-4-13(11-6-5-7-12(15)8-11)16-9-14(18)17-10(2)3/h5-8,10,13,16H,4,9H2,1-3H3,(H,17,18). The van der Waals surface area contributed by atoms with E-state index in [9.17, 15) is 4.79 Å². The molecule has 1 unspecified atom stereocenters. The van der Waals surface area contributed by atoms with Gasteiger partial charge in [0.25, 0.3) is 0 Å². The van der Waals surface area contributed by atoms with Gasteiger partial charge in [-0.3, -0.25) is 4.79 Å². The van der Waals surface area contributed by atoms with Crippen molar-refractivity contribution in [3.63, 3.8) is 0 Å². The lowest BCUT2D eigenvalue weighted by Gasteiger charge is -2.18. The highest BCUT2D eigenvalue weighted by Gasteiger charge is 2.11. The molecule has 4 heteroatoms. The highest BCUT2D eigenvalue weighted by Crippen LogP contribution is 2.20. The molecule has 0 bridgehead atoms. The molecule has 1 atom stereocenters. The smallest absolute Gasteiger partial charge is 0.234 e. The van der Waals surface area contributed by atoms with Crippen molar-refractivity contribution >= 4 is 21.8 Å². The molecule has 0 radical (unpaired) electrons. The third-order valence-corrected chi connectivity index (χ3v) is 3.11. The molecule has 100 valence electrons. The second-order valence-corrected chi connectivity index (χ2v) is 5.53. The summed E-state index contributed by atoms with van der Waals surface area (Å²) in [6.07, 6.45) is 0.950. The summed E-state index contributed by atoms with van der Waals surface area (Å²) in [5, 5.41) is 6.16. The molecule has 0 saturated heterocycles. The molecule has 1 aromatic rings. The molecule has 1 rings (SSSR count). The number of amides is 1. The Balaban J connectivity index is 2.55. The summed E-state index contributed by atoms with van der Waals surface area (Å²) in [7, 11) is 0. The van der Waals surface area contributed by atoms with E-state index in [1.165, 1.54) is 5.56 Å². The van der Waals surface area contributed by atoms with Crippen molar-refractivity contribution in [1.29, 1.82) is 0 Å². The van der Waals surface area contributed by atoms with E-state index < -0.39 is 0 Å². The number of benzene rings is 1. The molecule has 0 spiro atoms. The Kier molecular flexibility index (Phi) is 6.36. The zero-order chi connectivity index (χ0) is 13.5. The van der Waals surface area contributed by atoms with E-state index in [1.54, 1.807) is 0 Å². The topological polar surface area (TPSA) is 41.1 Å². The van der Waals surface area contributed by atoms with E-state index in [4.69, 9.17) is 0 Å². The SMILES string of the molecule is CCC(NCC(=O)NC(C)C)c1cccc(Br)c1. The maximum Gasteiger partial charge on any atom is 0.234 e. The lowest BCUT2D eigenvalue weighted by Crippen LogP contribution is -2.38. The predicted molar refractivity (Wildman–Crippen MR) is 78.5 cm³/mol. The van der Waals surface area contributed by atoms with Gasteiger partial charge in [0.05, 0.1) is 6.54 Å². The first kappa shape index (κ1) is 15.2. The van der Waals surface area contributed by atoms with Crippen molar-refractivity contribution in [3.8, 4) is 0 Å². The van der Waals surface area contributed by atoms with Crippen LogP contribution in [-0.2, 0) is 4.79 Å². The minimum atomic E-state index is 0.0402. The fourth-order valence-corrected chi connectivity index (χ4v) is 2.23. The molecule has 0 heterocycles. The van der Waals surface area contributed by atoms with E-state index in [-0.39, 0.29) is 18.0 Å². The van der Waals surface area contributed by atoms with Gasteiger partial charge in [0.15, 0.2) is 0 Å². The zero-order valence-electron chi connectivity index (χ0n) is 11.2. The molecule has 0 fully saturated rings. The van der Waals surface area contributed by atoms with E-state index in [0.717, 1.165) is 10.9 Å². The second-order valence-electron chi connectivity index (χ2n) is 4.62. The number of halogens is 1. The Morgan fingerprint density at radius 3 is 2.67 bits per heavy atom. The second kappa shape index (κ2) is 7.54. The van der Waals surface area contributed by atoms with Crippen molar-refractivity contribution in [3.05, 3.63) is 34.3 Å². The van der Waals surface area contributed by atoms with Gasteiger partial charge in [0.1, 0.15) is 0 Å². The maximum absolute atomic E-state index is 11.6. The third kappa shape index (κ3) is 5.19. The van der Waals surface area contributed by atoms with Crippen LogP contribution < -0.4 is 10.6 Å². The number of hydrogen-bond donors (Lipinski definition) is 2. The first-order chi connectivity index (χ1) is 8.52. The molecule has 0 aliphatic heterocycles. The van der Waals surface area contributed by atoms with Crippen molar-refractivity contribution in [2.75, 3.05) is 6.54 Å². The van der Waals surface area contributed by atoms with Gasteiger partial charge in [-0.05, 0) is 38.0 Å². The van der Waals surface area contributed by atoms with Crippen LogP contribution in [0.4, 0.5) is 0 Å². The highest BCUT2D eigenvalue weighted by molar-refractivity contribution is 9.10. The maximum atomic E-state index is 11.6. The summed E-state index contributed by atoms with van der Waals surface area (Å²) in [4.78, 5) is 11.6. The van der Waals surface area contributed by atoms with E-state index in [1.807, 2.05) is 26.0 Å². The molecule has 1 aromatic carbocycles. The van der Waals surface area contributed by atoms with Crippen molar-refractivity contribution in [2.24, 2.45) is 0 Å². The number of hydrogen-bond acceptors (Lipinski definition) is 2. The van der Waals surface area contributed by atoms with E-state index >= 15 is 0 Å². The average molecular weight is 313 g/mol. The number of carbonyl (C=O) groups excluding carboxylic acids is 1. The van der Waals surface area contributed by atoms with Crippen molar-refractivity contribution in [1.82, 2.24) is 10.6 Å². The molecule has 3 nitrogen and oxygen atoms in total. The monoisotopic (exact) mass is 312 g/mol.